The first-order valence-corrected chi connectivity index (χ1v) is 7.60. The van der Waals surface area contributed by atoms with E-state index in [1.165, 1.54) is 6.26 Å². The van der Waals surface area contributed by atoms with Crippen molar-refractivity contribution in [2.75, 3.05) is 18.4 Å². The molecule has 3 amide bonds. The van der Waals surface area contributed by atoms with Crippen LogP contribution in [0.25, 0.3) is 0 Å². The summed E-state index contributed by atoms with van der Waals surface area (Å²) in [6, 6.07) is 9.78. The fourth-order valence-electron chi connectivity index (χ4n) is 1.90. The molecule has 0 saturated carbocycles. The van der Waals surface area contributed by atoms with Crippen molar-refractivity contribution in [3.8, 4) is 0 Å². The Bertz CT molecular complexity index is 693. The molecule has 0 aliphatic carbocycles. The summed E-state index contributed by atoms with van der Waals surface area (Å²) < 4.78 is 4.96. The number of hydrogen-bond donors (Lipinski definition) is 3. The molecule has 0 aliphatic rings. The quantitative estimate of drug-likeness (QED) is 0.674. The van der Waals surface area contributed by atoms with Crippen molar-refractivity contribution >= 4 is 23.4 Å². The molecule has 0 spiro atoms. The second kappa shape index (κ2) is 8.52. The van der Waals surface area contributed by atoms with Crippen LogP contribution in [-0.4, -0.2) is 30.8 Å². The average Bonchev–Trinajstić information content (AvgIpc) is 3.13. The van der Waals surface area contributed by atoms with Gasteiger partial charge in [0.05, 0.1) is 6.26 Å². The number of nitrogens with one attached hydrogen (secondary N) is 3. The van der Waals surface area contributed by atoms with Crippen molar-refractivity contribution in [1.29, 1.82) is 0 Å². The molecule has 7 heteroatoms. The summed E-state index contributed by atoms with van der Waals surface area (Å²) in [5, 5.41) is 8.04. The van der Waals surface area contributed by atoms with E-state index in [0.29, 0.717) is 24.2 Å². The van der Waals surface area contributed by atoms with Crippen molar-refractivity contribution in [2.45, 2.75) is 13.3 Å². The van der Waals surface area contributed by atoms with Crippen LogP contribution >= 0.6 is 0 Å². The molecule has 0 fully saturated rings. The highest BCUT2D eigenvalue weighted by Gasteiger charge is 2.08. The molecule has 2 rings (SSSR count). The Balaban J connectivity index is 1.74. The molecule has 0 unspecified atom stereocenters. The van der Waals surface area contributed by atoms with E-state index in [2.05, 4.69) is 16.0 Å². The van der Waals surface area contributed by atoms with E-state index in [0.717, 1.165) is 0 Å². The number of amides is 3. The fourth-order valence-corrected chi connectivity index (χ4v) is 1.90. The minimum absolute atomic E-state index is 0.0838. The SMILES string of the molecule is CCC(=O)Nc1ccc(C(=O)NCCNC(=O)c2ccco2)cc1. The maximum absolute atomic E-state index is 12.0. The van der Waals surface area contributed by atoms with E-state index in [9.17, 15) is 14.4 Å². The van der Waals surface area contributed by atoms with E-state index in [4.69, 9.17) is 4.42 Å². The molecule has 1 aromatic carbocycles. The Kier molecular flexibility index (Phi) is 6.13. The molecule has 2 aromatic rings. The van der Waals surface area contributed by atoms with E-state index in [1.807, 2.05) is 0 Å². The van der Waals surface area contributed by atoms with Crippen LogP contribution in [0.4, 0.5) is 5.69 Å². The van der Waals surface area contributed by atoms with Gasteiger partial charge in [0.2, 0.25) is 5.91 Å². The van der Waals surface area contributed by atoms with Crippen LogP contribution in [0.5, 0.6) is 0 Å². The summed E-state index contributed by atoms with van der Waals surface area (Å²) in [6.45, 7) is 2.34. The standard InChI is InChI=1S/C17H19N3O4/c1-2-15(21)20-13-7-5-12(6-8-13)16(22)18-9-10-19-17(23)14-4-3-11-24-14/h3-8,11H,2,9-10H2,1H3,(H,18,22)(H,19,23)(H,20,21). The molecule has 24 heavy (non-hydrogen) atoms. The highest BCUT2D eigenvalue weighted by Crippen LogP contribution is 2.09. The topological polar surface area (TPSA) is 100 Å². The largest absolute Gasteiger partial charge is 0.459 e. The van der Waals surface area contributed by atoms with Gasteiger partial charge in [-0.3, -0.25) is 14.4 Å². The minimum Gasteiger partial charge on any atom is -0.459 e. The summed E-state index contributed by atoms with van der Waals surface area (Å²) in [5.74, 6) is -0.438. The van der Waals surface area contributed by atoms with Gasteiger partial charge in [0, 0.05) is 30.8 Å². The number of carbonyl (C=O) groups is 3. The molecule has 3 N–H and O–H groups in total. The maximum atomic E-state index is 12.0. The van der Waals surface area contributed by atoms with Gasteiger partial charge in [-0.05, 0) is 36.4 Å². The summed E-state index contributed by atoms with van der Waals surface area (Å²) in [6.07, 6.45) is 1.81. The van der Waals surface area contributed by atoms with Crippen molar-refractivity contribution in [3.05, 3.63) is 54.0 Å². The van der Waals surface area contributed by atoms with Gasteiger partial charge >= 0.3 is 0 Å². The van der Waals surface area contributed by atoms with Crippen LogP contribution in [0, 0.1) is 0 Å². The Labute approximate surface area is 139 Å². The smallest absolute Gasteiger partial charge is 0.287 e. The van der Waals surface area contributed by atoms with Crippen LogP contribution in [0.3, 0.4) is 0 Å². The zero-order chi connectivity index (χ0) is 17.4. The van der Waals surface area contributed by atoms with E-state index < -0.39 is 0 Å². The molecule has 0 radical (unpaired) electrons. The highest BCUT2D eigenvalue weighted by molar-refractivity contribution is 5.96. The predicted octanol–water partition coefficient (Wildman–Crippen LogP) is 1.79. The van der Waals surface area contributed by atoms with E-state index in [-0.39, 0.29) is 30.0 Å². The monoisotopic (exact) mass is 329 g/mol. The lowest BCUT2D eigenvalue weighted by Crippen LogP contribution is -2.34. The van der Waals surface area contributed by atoms with Crippen molar-refractivity contribution < 1.29 is 18.8 Å². The maximum Gasteiger partial charge on any atom is 0.287 e. The van der Waals surface area contributed by atoms with Gasteiger partial charge < -0.3 is 20.4 Å². The second-order valence-electron chi connectivity index (χ2n) is 4.97. The number of hydrogen-bond acceptors (Lipinski definition) is 4. The number of anilines is 1. The molecular weight excluding hydrogens is 310 g/mol. The average molecular weight is 329 g/mol. The Morgan fingerprint density at radius 3 is 2.21 bits per heavy atom. The second-order valence-corrected chi connectivity index (χ2v) is 4.97. The van der Waals surface area contributed by atoms with Crippen LogP contribution < -0.4 is 16.0 Å². The zero-order valence-electron chi connectivity index (χ0n) is 13.3. The molecule has 0 saturated heterocycles. The molecule has 0 aliphatic heterocycles. The number of rotatable bonds is 7. The zero-order valence-corrected chi connectivity index (χ0v) is 13.3. The Morgan fingerprint density at radius 1 is 0.958 bits per heavy atom. The van der Waals surface area contributed by atoms with Gasteiger partial charge in [-0.15, -0.1) is 0 Å². The van der Waals surface area contributed by atoms with Crippen molar-refractivity contribution in [3.63, 3.8) is 0 Å². The number of carbonyl (C=O) groups excluding carboxylic acids is 3. The number of benzene rings is 1. The van der Waals surface area contributed by atoms with Gasteiger partial charge in [0.25, 0.3) is 11.8 Å². The van der Waals surface area contributed by atoms with Crippen LogP contribution in [0.1, 0.15) is 34.3 Å². The Hall–Kier alpha value is -3.09. The lowest BCUT2D eigenvalue weighted by atomic mass is 10.2. The molecule has 0 bridgehead atoms. The van der Waals surface area contributed by atoms with Crippen molar-refractivity contribution in [1.82, 2.24) is 10.6 Å². The summed E-state index contributed by atoms with van der Waals surface area (Å²) in [7, 11) is 0. The fraction of sp³-hybridized carbons (Fsp3) is 0.235. The van der Waals surface area contributed by atoms with Crippen LogP contribution in [0.2, 0.25) is 0 Å². The third kappa shape index (κ3) is 4.98. The lowest BCUT2D eigenvalue weighted by Gasteiger charge is -2.07. The first kappa shape index (κ1) is 17.3. The predicted molar refractivity (Wildman–Crippen MR) is 88.7 cm³/mol. The van der Waals surface area contributed by atoms with Gasteiger partial charge in [-0.1, -0.05) is 6.92 Å². The molecule has 1 heterocycles. The normalized spacial score (nSPS) is 10.0. The third-order valence-electron chi connectivity index (χ3n) is 3.19. The van der Waals surface area contributed by atoms with E-state index >= 15 is 0 Å². The van der Waals surface area contributed by atoms with Crippen LogP contribution in [-0.2, 0) is 4.79 Å². The molecule has 1 aromatic heterocycles. The first-order chi connectivity index (χ1) is 11.6. The van der Waals surface area contributed by atoms with Gasteiger partial charge in [-0.2, -0.15) is 0 Å². The van der Waals surface area contributed by atoms with Gasteiger partial charge in [0.15, 0.2) is 5.76 Å². The summed E-state index contributed by atoms with van der Waals surface area (Å²) in [5.41, 5.74) is 1.12. The lowest BCUT2D eigenvalue weighted by molar-refractivity contribution is -0.115. The highest BCUT2D eigenvalue weighted by atomic mass is 16.3. The molecule has 7 nitrogen and oxygen atoms in total. The Morgan fingerprint density at radius 2 is 1.62 bits per heavy atom. The van der Waals surface area contributed by atoms with Crippen molar-refractivity contribution in [2.24, 2.45) is 0 Å². The molecule has 0 atom stereocenters. The van der Waals surface area contributed by atoms with Crippen LogP contribution in [0.15, 0.2) is 47.1 Å². The summed E-state index contributed by atoms with van der Waals surface area (Å²) in [4.78, 5) is 34.9. The third-order valence-corrected chi connectivity index (χ3v) is 3.19. The minimum atomic E-state index is -0.328. The summed E-state index contributed by atoms with van der Waals surface area (Å²) >= 11 is 0. The molecular formula is C17H19N3O4. The first-order valence-electron chi connectivity index (χ1n) is 7.60. The van der Waals surface area contributed by atoms with Gasteiger partial charge in [-0.25, -0.2) is 0 Å². The van der Waals surface area contributed by atoms with E-state index in [1.54, 1.807) is 43.3 Å². The molecule has 126 valence electrons. The van der Waals surface area contributed by atoms with Gasteiger partial charge in [0.1, 0.15) is 0 Å². The number of furan rings is 1.